The Morgan fingerprint density at radius 3 is 2.10 bits per heavy atom. The molecule has 0 amide bonds. The van der Waals surface area contributed by atoms with E-state index in [1.165, 1.54) is 54.9 Å². The second kappa shape index (κ2) is 9.01. The zero-order valence-electron chi connectivity index (χ0n) is 16.6. The van der Waals surface area contributed by atoms with Gasteiger partial charge < -0.3 is 9.47 Å². The second-order valence-electron chi connectivity index (χ2n) is 6.73. The molecule has 2 aromatic carbocycles. The Bertz CT molecular complexity index is 1130. The van der Waals surface area contributed by atoms with Crippen molar-refractivity contribution in [3.8, 4) is 11.5 Å². The third-order valence-electron chi connectivity index (χ3n) is 4.76. The molecule has 1 aliphatic rings. The summed E-state index contributed by atoms with van der Waals surface area (Å²) in [5.41, 5.74) is 0.0772. The van der Waals surface area contributed by atoms with E-state index in [1.54, 1.807) is 0 Å². The van der Waals surface area contributed by atoms with Crippen molar-refractivity contribution in [2.75, 3.05) is 32.0 Å². The van der Waals surface area contributed by atoms with Gasteiger partial charge in [-0.25, -0.2) is 16.8 Å². The normalized spacial score (nSPS) is 15.6. The Morgan fingerprint density at radius 2 is 1.47 bits per heavy atom. The van der Waals surface area contributed by atoms with Gasteiger partial charge in [0.25, 0.3) is 10.0 Å². The first kappa shape index (κ1) is 22.7. The van der Waals surface area contributed by atoms with Crippen molar-refractivity contribution < 1.29 is 26.3 Å². The van der Waals surface area contributed by atoms with Crippen LogP contribution in [0.5, 0.6) is 11.5 Å². The van der Waals surface area contributed by atoms with Crippen molar-refractivity contribution in [2.45, 2.75) is 29.1 Å². The first-order valence-corrected chi connectivity index (χ1v) is 12.5. The molecule has 0 aliphatic carbocycles. The molecule has 1 heterocycles. The van der Waals surface area contributed by atoms with Crippen LogP contribution in [0, 0.1) is 0 Å². The van der Waals surface area contributed by atoms with Crippen LogP contribution >= 0.6 is 11.6 Å². The number of hydrogen-bond acceptors (Lipinski definition) is 6. The van der Waals surface area contributed by atoms with Crippen molar-refractivity contribution in [3.05, 3.63) is 41.4 Å². The Kier molecular flexibility index (Phi) is 6.81. The highest BCUT2D eigenvalue weighted by molar-refractivity contribution is 7.92. The fraction of sp³-hybridized carbons (Fsp3) is 0.368. The fourth-order valence-corrected chi connectivity index (χ4v) is 6.44. The van der Waals surface area contributed by atoms with E-state index in [9.17, 15) is 16.8 Å². The lowest BCUT2D eigenvalue weighted by Crippen LogP contribution is -2.35. The van der Waals surface area contributed by atoms with E-state index >= 15 is 0 Å². The summed E-state index contributed by atoms with van der Waals surface area (Å²) in [4.78, 5) is -0.251. The Morgan fingerprint density at radius 1 is 0.867 bits per heavy atom. The number of piperidine rings is 1. The number of halogens is 1. The van der Waals surface area contributed by atoms with Crippen LogP contribution < -0.4 is 14.2 Å². The summed E-state index contributed by atoms with van der Waals surface area (Å²) in [6.07, 6.45) is 2.54. The van der Waals surface area contributed by atoms with Crippen LogP contribution in [0.1, 0.15) is 19.3 Å². The Hall–Kier alpha value is -2.01. The van der Waals surface area contributed by atoms with Gasteiger partial charge in [0, 0.05) is 18.1 Å². The standard InChI is InChI=1S/C19H23ClN2O6S2/c1-27-16-8-6-14(20)12-18(16)29(23,24)21-15-7-9-17(28-2)19(13-15)30(25,26)22-10-4-3-5-11-22/h6-9,12-13,21H,3-5,10-11H2,1-2H3. The minimum atomic E-state index is -4.09. The summed E-state index contributed by atoms with van der Waals surface area (Å²) in [7, 11) is -5.22. The first-order chi connectivity index (χ1) is 14.2. The number of rotatable bonds is 7. The van der Waals surface area contributed by atoms with Crippen molar-refractivity contribution in [1.29, 1.82) is 0 Å². The number of ether oxygens (including phenoxy) is 2. The second-order valence-corrected chi connectivity index (χ2v) is 10.7. The third kappa shape index (κ3) is 4.66. The van der Waals surface area contributed by atoms with Gasteiger partial charge in [-0.15, -0.1) is 0 Å². The highest BCUT2D eigenvalue weighted by Crippen LogP contribution is 2.33. The van der Waals surface area contributed by atoms with Crippen LogP contribution in [-0.4, -0.2) is 48.4 Å². The molecule has 0 atom stereocenters. The molecule has 2 aromatic rings. The molecular formula is C19H23ClN2O6S2. The van der Waals surface area contributed by atoms with Gasteiger partial charge in [-0.2, -0.15) is 4.31 Å². The minimum absolute atomic E-state index is 0.0772. The monoisotopic (exact) mass is 474 g/mol. The van der Waals surface area contributed by atoms with Gasteiger partial charge in [0.1, 0.15) is 21.3 Å². The minimum Gasteiger partial charge on any atom is -0.495 e. The SMILES string of the molecule is COc1ccc(Cl)cc1S(=O)(=O)Nc1ccc(OC)c(S(=O)(=O)N2CCCCC2)c1. The van der Waals surface area contributed by atoms with Crippen molar-refractivity contribution in [3.63, 3.8) is 0 Å². The molecule has 0 saturated carbocycles. The molecule has 3 rings (SSSR count). The predicted molar refractivity (Wildman–Crippen MR) is 114 cm³/mol. The molecule has 164 valence electrons. The van der Waals surface area contributed by atoms with Gasteiger partial charge in [-0.1, -0.05) is 18.0 Å². The number of nitrogens with zero attached hydrogens (tertiary/aromatic N) is 1. The zero-order valence-corrected chi connectivity index (χ0v) is 19.0. The molecule has 0 spiro atoms. The highest BCUT2D eigenvalue weighted by atomic mass is 35.5. The topological polar surface area (TPSA) is 102 Å². The van der Waals surface area contributed by atoms with Crippen LogP contribution in [0.25, 0.3) is 0 Å². The molecule has 0 unspecified atom stereocenters. The van der Waals surface area contributed by atoms with E-state index in [2.05, 4.69) is 4.72 Å². The third-order valence-corrected chi connectivity index (χ3v) is 8.32. The van der Waals surface area contributed by atoms with Gasteiger partial charge in [-0.05, 0) is 49.2 Å². The van der Waals surface area contributed by atoms with Crippen molar-refractivity contribution in [1.82, 2.24) is 4.31 Å². The van der Waals surface area contributed by atoms with E-state index in [4.69, 9.17) is 21.1 Å². The number of methoxy groups -OCH3 is 2. The number of anilines is 1. The summed E-state index contributed by atoms with van der Waals surface area (Å²) < 4.78 is 66.2. The smallest absolute Gasteiger partial charge is 0.265 e. The van der Waals surface area contributed by atoms with E-state index in [-0.39, 0.29) is 32.0 Å². The maximum absolute atomic E-state index is 13.1. The predicted octanol–water partition coefficient (Wildman–Crippen LogP) is 3.33. The van der Waals surface area contributed by atoms with Crippen LogP contribution in [0.15, 0.2) is 46.2 Å². The summed E-state index contributed by atoms with van der Waals surface area (Å²) in [6, 6.07) is 8.33. The molecule has 1 saturated heterocycles. The fourth-order valence-electron chi connectivity index (χ4n) is 3.26. The van der Waals surface area contributed by atoms with Crippen LogP contribution in [-0.2, 0) is 20.0 Å². The van der Waals surface area contributed by atoms with Crippen LogP contribution in [0.2, 0.25) is 5.02 Å². The van der Waals surface area contributed by atoms with Gasteiger partial charge >= 0.3 is 0 Å². The van der Waals surface area contributed by atoms with Gasteiger partial charge in [0.05, 0.1) is 19.9 Å². The van der Waals surface area contributed by atoms with Crippen LogP contribution in [0.3, 0.4) is 0 Å². The van der Waals surface area contributed by atoms with E-state index in [1.807, 2.05) is 0 Å². The molecule has 8 nitrogen and oxygen atoms in total. The average Bonchev–Trinajstić information content (AvgIpc) is 2.74. The lowest BCUT2D eigenvalue weighted by Gasteiger charge is -2.26. The Labute approximate surface area is 181 Å². The molecule has 0 bridgehead atoms. The maximum Gasteiger partial charge on any atom is 0.265 e. The number of benzene rings is 2. The number of sulfonamides is 2. The lowest BCUT2D eigenvalue weighted by molar-refractivity contribution is 0.343. The van der Waals surface area contributed by atoms with Gasteiger partial charge in [-0.3, -0.25) is 4.72 Å². The molecule has 30 heavy (non-hydrogen) atoms. The quantitative estimate of drug-likeness (QED) is 0.660. The molecular weight excluding hydrogens is 452 g/mol. The van der Waals surface area contributed by atoms with Gasteiger partial charge in [0.15, 0.2) is 0 Å². The summed E-state index contributed by atoms with van der Waals surface area (Å²) in [6.45, 7) is 0.836. The number of hydrogen-bond donors (Lipinski definition) is 1. The average molecular weight is 475 g/mol. The Balaban J connectivity index is 2.00. The van der Waals surface area contributed by atoms with Crippen molar-refractivity contribution >= 4 is 37.3 Å². The molecule has 1 fully saturated rings. The molecule has 1 N–H and O–H groups in total. The molecule has 0 radical (unpaired) electrons. The molecule has 1 aliphatic heterocycles. The number of nitrogens with one attached hydrogen (secondary N) is 1. The van der Waals surface area contributed by atoms with E-state index in [0.29, 0.717) is 13.1 Å². The summed E-state index contributed by atoms with van der Waals surface area (Å²) >= 11 is 5.94. The zero-order chi connectivity index (χ0) is 21.9. The van der Waals surface area contributed by atoms with Gasteiger partial charge in [0.2, 0.25) is 10.0 Å². The summed E-state index contributed by atoms with van der Waals surface area (Å²) in [5.74, 6) is 0.255. The largest absolute Gasteiger partial charge is 0.495 e. The van der Waals surface area contributed by atoms with Crippen LogP contribution in [0.4, 0.5) is 5.69 Å². The lowest BCUT2D eigenvalue weighted by atomic mass is 10.2. The van der Waals surface area contributed by atoms with E-state index in [0.717, 1.165) is 19.3 Å². The molecule has 11 heteroatoms. The first-order valence-electron chi connectivity index (χ1n) is 9.23. The highest BCUT2D eigenvalue weighted by Gasteiger charge is 2.30. The molecule has 0 aromatic heterocycles. The maximum atomic E-state index is 13.1. The summed E-state index contributed by atoms with van der Waals surface area (Å²) in [5, 5.41) is 0.222. The van der Waals surface area contributed by atoms with E-state index < -0.39 is 20.0 Å². The van der Waals surface area contributed by atoms with Crippen molar-refractivity contribution in [2.24, 2.45) is 0 Å².